The van der Waals surface area contributed by atoms with Crippen LogP contribution in [0.25, 0.3) is 0 Å². The fourth-order valence-corrected chi connectivity index (χ4v) is 4.17. The van der Waals surface area contributed by atoms with E-state index in [0.717, 1.165) is 16.7 Å². The summed E-state index contributed by atoms with van der Waals surface area (Å²) in [6.07, 6.45) is 0. The average Bonchev–Trinajstić information content (AvgIpc) is 3.37. The number of nitrogens with zero attached hydrogens (tertiary/aromatic N) is 1. The molecule has 1 aliphatic rings. The Morgan fingerprint density at radius 3 is 1.38 bits per heavy atom. The van der Waals surface area contributed by atoms with Crippen LogP contribution in [0.15, 0.2) is 91.0 Å². The molecule has 0 radical (unpaired) electrons. The molecular weight excluding hydrogens is 322 g/mol. The van der Waals surface area contributed by atoms with Crippen LogP contribution in [0.2, 0.25) is 0 Å². The lowest BCUT2D eigenvalue weighted by Crippen LogP contribution is -2.40. The van der Waals surface area contributed by atoms with E-state index in [0.29, 0.717) is 0 Å². The van der Waals surface area contributed by atoms with Gasteiger partial charge in [0.2, 0.25) is 0 Å². The molecule has 26 heavy (non-hydrogen) atoms. The van der Waals surface area contributed by atoms with E-state index in [-0.39, 0.29) is 6.04 Å². The second kappa shape index (κ2) is 6.43. The van der Waals surface area contributed by atoms with Gasteiger partial charge in [0.05, 0.1) is 5.54 Å². The first-order valence-corrected chi connectivity index (χ1v) is 8.85. The van der Waals surface area contributed by atoms with Gasteiger partial charge in [0, 0.05) is 6.04 Å². The SMILES string of the molecule is C[C@H]1[C@H](C(=O)O)N1C(c1ccccc1)(c1ccccc1)c1ccccc1. The zero-order chi connectivity index (χ0) is 18.1. The summed E-state index contributed by atoms with van der Waals surface area (Å²) in [6.45, 7) is 1.99. The molecule has 1 aliphatic heterocycles. The third-order valence-electron chi connectivity index (χ3n) is 5.32. The highest BCUT2D eigenvalue weighted by atomic mass is 16.4. The van der Waals surface area contributed by atoms with Gasteiger partial charge in [-0.05, 0) is 23.6 Å². The van der Waals surface area contributed by atoms with Crippen molar-refractivity contribution in [3.63, 3.8) is 0 Å². The van der Waals surface area contributed by atoms with Crippen molar-refractivity contribution in [2.75, 3.05) is 0 Å². The second-order valence-electron chi connectivity index (χ2n) is 6.74. The van der Waals surface area contributed by atoms with Gasteiger partial charge in [-0.1, -0.05) is 91.0 Å². The summed E-state index contributed by atoms with van der Waals surface area (Å²) in [4.78, 5) is 14.0. The molecule has 1 fully saturated rings. The van der Waals surface area contributed by atoms with E-state index in [1.54, 1.807) is 0 Å². The predicted molar refractivity (Wildman–Crippen MR) is 102 cm³/mol. The molecule has 3 aromatic carbocycles. The maximum Gasteiger partial charge on any atom is 0.322 e. The monoisotopic (exact) mass is 343 g/mol. The van der Waals surface area contributed by atoms with Crippen LogP contribution in [0.4, 0.5) is 0 Å². The van der Waals surface area contributed by atoms with E-state index >= 15 is 0 Å². The molecule has 1 unspecified atom stereocenters. The minimum atomic E-state index is -0.773. The van der Waals surface area contributed by atoms with Crippen LogP contribution < -0.4 is 0 Å². The first-order valence-electron chi connectivity index (χ1n) is 8.85. The highest BCUT2D eigenvalue weighted by Gasteiger charge is 2.61. The Balaban J connectivity index is 2.04. The third kappa shape index (κ3) is 2.44. The quantitative estimate of drug-likeness (QED) is 0.559. The fraction of sp³-hybridized carbons (Fsp3) is 0.174. The first-order chi connectivity index (χ1) is 12.7. The van der Waals surface area contributed by atoms with E-state index < -0.39 is 17.6 Å². The molecule has 3 atom stereocenters. The van der Waals surface area contributed by atoms with Crippen molar-refractivity contribution in [1.82, 2.24) is 4.90 Å². The topological polar surface area (TPSA) is 40.3 Å². The largest absolute Gasteiger partial charge is 0.480 e. The van der Waals surface area contributed by atoms with Crippen molar-refractivity contribution in [3.8, 4) is 0 Å². The summed E-state index contributed by atoms with van der Waals surface area (Å²) in [6, 6.07) is 30.0. The van der Waals surface area contributed by atoms with Crippen LogP contribution in [0.5, 0.6) is 0 Å². The molecule has 0 aliphatic carbocycles. The van der Waals surface area contributed by atoms with Gasteiger partial charge in [0.1, 0.15) is 6.04 Å². The van der Waals surface area contributed by atoms with Gasteiger partial charge in [-0.2, -0.15) is 0 Å². The van der Waals surface area contributed by atoms with Gasteiger partial charge in [0.15, 0.2) is 0 Å². The molecule has 0 spiro atoms. The Labute approximate surface area is 153 Å². The zero-order valence-electron chi connectivity index (χ0n) is 14.6. The molecular formula is C23H21NO2. The number of carboxylic acids is 1. The highest BCUT2D eigenvalue weighted by Crippen LogP contribution is 2.51. The lowest BCUT2D eigenvalue weighted by molar-refractivity contribution is -0.137. The van der Waals surface area contributed by atoms with Gasteiger partial charge in [-0.3, -0.25) is 9.69 Å². The van der Waals surface area contributed by atoms with Gasteiger partial charge in [-0.15, -0.1) is 0 Å². The number of carbonyl (C=O) groups is 1. The van der Waals surface area contributed by atoms with Crippen molar-refractivity contribution in [2.24, 2.45) is 0 Å². The van der Waals surface area contributed by atoms with E-state index in [4.69, 9.17) is 0 Å². The summed E-state index contributed by atoms with van der Waals surface area (Å²) in [5, 5.41) is 9.76. The van der Waals surface area contributed by atoms with E-state index in [2.05, 4.69) is 41.3 Å². The van der Waals surface area contributed by atoms with Crippen LogP contribution in [0.1, 0.15) is 23.6 Å². The van der Waals surface area contributed by atoms with E-state index in [9.17, 15) is 9.90 Å². The number of hydrogen-bond acceptors (Lipinski definition) is 2. The molecule has 0 saturated carbocycles. The Morgan fingerprint density at radius 2 is 1.12 bits per heavy atom. The molecule has 3 nitrogen and oxygen atoms in total. The zero-order valence-corrected chi connectivity index (χ0v) is 14.6. The number of carboxylic acid groups (broad SMARTS) is 1. The van der Waals surface area contributed by atoms with Crippen LogP contribution in [-0.4, -0.2) is 28.1 Å². The Kier molecular flexibility index (Phi) is 4.09. The van der Waals surface area contributed by atoms with Crippen LogP contribution >= 0.6 is 0 Å². The van der Waals surface area contributed by atoms with Crippen molar-refractivity contribution in [1.29, 1.82) is 0 Å². The van der Waals surface area contributed by atoms with Crippen LogP contribution in [-0.2, 0) is 10.3 Å². The molecule has 0 aromatic heterocycles. The van der Waals surface area contributed by atoms with Crippen molar-refractivity contribution in [3.05, 3.63) is 108 Å². The summed E-state index contributed by atoms with van der Waals surface area (Å²) in [5.74, 6) is -0.773. The van der Waals surface area contributed by atoms with E-state index in [1.165, 1.54) is 0 Å². The van der Waals surface area contributed by atoms with Crippen molar-refractivity contribution < 1.29 is 9.90 Å². The lowest BCUT2D eigenvalue weighted by Gasteiger charge is -2.38. The minimum Gasteiger partial charge on any atom is -0.480 e. The maximum absolute atomic E-state index is 11.9. The Hall–Kier alpha value is -2.91. The molecule has 3 aromatic rings. The number of aliphatic carboxylic acids is 1. The Bertz CT molecular complexity index is 797. The van der Waals surface area contributed by atoms with Gasteiger partial charge in [-0.25, -0.2) is 0 Å². The minimum absolute atomic E-state index is 0.0480. The molecule has 1 N–H and O–H groups in total. The molecule has 0 bridgehead atoms. The normalized spacial score (nSPS) is 22.0. The molecule has 130 valence electrons. The maximum atomic E-state index is 11.9. The molecule has 1 saturated heterocycles. The standard InChI is InChI=1S/C23H21NO2/c1-17-21(22(25)26)24(17)23(18-11-5-2-6-12-18,19-13-7-3-8-14-19)20-15-9-4-10-16-20/h2-17,21H,1H3,(H,25,26)/t17-,21+,24?/m0/s1. The summed E-state index contributed by atoms with van der Waals surface area (Å²) in [7, 11) is 0. The molecule has 1 heterocycles. The van der Waals surface area contributed by atoms with Gasteiger partial charge in [0.25, 0.3) is 0 Å². The van der Waals surface area contributed by atoms with Gasteiger partial charge < -0.3 is 5.11 Å². The summed E-state index contributed by atoms with van der Waals surface area (Å²) < 4.78 is 0. The van der Waals surface area contributed by atoms with Crippen LogP contribution in [0.3, 0.4) is 0 Å². The molecule has 4 rings (SSSR count). The fourth-order valence-electron chi connectivity index (χ4n) is 4.17. The van der Waals surface area contributed by atoms with Crippen molar-refractivity contribution in [2.45, 2.75) is 24.5 Å². The smallest absolute Gasteiger partial charge is 0.322 e. The highest BCUT2D eigenvalue weighted by molar-refractivity contribution is 5.79. The third-order valence-corrected chi connectivity index (χ3v) is 5.32. The number of rotatable bonds is 5. The average molecular weight is 343 g/mol. The van der Waals surface area contributed by atoms with Gasteiger partial charge >= 0.3 is 5.97 Å². The lowest BCUT2D eigenvalue weighted by atomic mass is 9.76. The second-order valence-corrected chi connectivity index (χ2v) is 6.74. The summed E-state index contributed by atoms with van der Waals surface area (Å²) >= 11 is 0. The first kappa shape index (κ1) is 16.6. The van der Waals surface area contributed by atoms with Crippen molar-refractivity contribution >= 4 is 5.97 Å². The molecule has 0 amide bonds. The van der Waals surface area contributed by atoms with Crippen LogP contribution in [0, 0.1) is 0 Å². The number of hydrogen-bond donors (Lipinski definition) is 1. The van der Waals surface area contributed by atoms with E-state index in [1.807, 2.05) is 61.5 Å². The Morgan fingerprint density at radius 1 is 0.769 bits per heavy atom. The predicted octanol–water partition coefficient (Wildman–Crippen LogP) is 4.14. The molecule has 3 heteroatoms. The number of benzene rings is 3. The summed E-state index contributed by atoms with van der Waals surface area (Å²) in [5.41, 5.74) is 2.60.